The summed E-state index contributed by atoms with van der Waals surface area (Å²) in [7, 11) is 3.27. The van der Waals surface area contributed by atoms with E-state index >= 15 is 0 Å². The van der Waals surface area contributed by atoms with Crippen LogP contribution in [0, 0.1) is 11.7 Å². The van der Waals surface area contributed by atoms with Gasteiger partial charge in [-0.1, -0.05) is 32.0 Å². The number of benzene rings is 2. The average Bonchev–Trinajstić information content (AvgIpc) is 2.65. The van der Waals surface area contributed by atoms with Crippen LogP contribution in [0.4, 0.5) is 4.39 Å². The van der Waals surface area contributed by atoms with E-state index in [4.69, 9.17) is 10.5 Å². The van der Waals surface area contributed by atoms with Crippen LogP contribution in [0.5, 0.6) is 5.75 Å². The van der Waals surface area contributed by atoms with Crippen molar-refractivity contribution in [2.24, 2.45) is 11.7 Å². The minimum absolute atomic E-state index is 0. The normalized spacial score (nSPS) is 11.7. The number of nitrogens with zero attached hydrogens (tertiary/aromatic N) is 1. The SMILES string of the molecule is COc1ccc(-c2ccc(C(=O)N(C)CCC(N)C(C)C)c(F)c2)cc1.Cl. The smallest absolute Gasteiger partial charge is 0.256 e. The Hall–Kier alpha value is -2.11. The quantitative estimate of drug-likeness (QED) is 0.758. The Bertz CT molecular complexity index is 750. The van der Waals surface area contributed by atoms with E-state index in [0.29, 0.717) is 24.4 Å². The Kier molecular flexibility index (Phi) is 8.73. The maximum Gasteiger partial charge on any atom is 0.256 e. The van der Waals surface area contributed by atoms with Crippen LogP contribution in [0.3, 0.4) is 0 Å². The highest BCUT2D eigenvalue weighted by atomic mass is 35.5. The molecule has 0 bridgehead atoms. The molecule has 1 amide bonds. The number of carbonyl (C=O) groups excluding carboxylic acids is 1. The molecule has 2 aromatic rings. The first-order valence-electron chi connectivity index (χ1n) is 8.78. The van der Waals surface area contributed by atoms with Crippen molar-refractivity contribution in [3.8, 4) is 16.9 Å². The third-order valence-corrected chi connectivity index (χ3v) is 4.62. The number of amides is 1. The Morgan fingerprint density at radius 2 is 1.74 bits per heavy atom. The Balaban J connectivity index is 0.00000364. The van der Waals surface area contributed by atoms with Gasteiger partial charge in [-0.2, -0.15) is 0 Å². The van der Waals surface area contributed by atoms with Crippen molar-refractivity contribution in [1.82, 2.24) is 4.90 Å². The summed E-state index contributed by atoms with van der Waals surface area (Å²) in [4.78, 5) is 14.0. The summed E-state index contributed by atoms with van der Waals surface area (Å²) in [6.07, 6.45) is 0.686. The Morgan fingerprint density at radius 3 is 2.26 bits per heavy atom. The molecule has 0 saturated carbocycles. The third-order valence-electron chi connectivity index (χ3n) is 4.62. The maximum absolute atomic E-state index is 14.5. The number of methoxy groups -OCH3 is 1. The van der Waals surface area contributed by atoms with Gasteiger partial charge < -0.3 is 15.4 Å². The van der Waals surface area contributed by atoms with Crippen LogP contribution >= 0.6 is 12.4 Å². The molecule has 1 unspecified atom stereocenters. The summed E-state index contributed by atoms with van der Waals surface area (Å²) in [6.45, 7) is 4.59. The number of hydrogen-bond donors (Lipinski definition) is 1. The highest BCUT2D eigenvalue weighted by Crippen LogP contribution is 2.24. The summed E-state index contributed by atoms with van der Waals surface area (Å²) in [5.74, 6) is 0.226. The summed E-state index contributed by atoms with van der Waals surface area (Å²) in [5, 5.41) is 0. The first-order chi connectivity index (χ1) is 12.3. The van der Waals surface area contributed by atoms with Gasteiger partial charge in [0.15, 0.2) is 0 Å². The van der Waals surface area contributed by atoms with Crippen LogP contribution in [-0.2, 0) is 0 Å². The molecule has 148 valence electrons. The van der Waals surface area contributed by atoms with Gasteiger partial charge in [0, 0.05) is 19.6 Å². The number of ether oxygens (including phenoxy) is 1. The number of hydrogen-bond acceptors (Lipinski definition) is 3. The number of rotatable bonds is 7. The lowest BCUT2D eigenvalue weighted by Gasteiger charge is -2.22. The highest BCUT2D eigenvalue weighted by Gasteiger charge is 2.18. The van der Waals surface area contributed by atoms with E-state index in [1.807, 2.05) is 38.1 Å². The molecule has 0 aliphatic heterocycles. The average molecular weight is 395 g/mol. The molecule has 2 N–H and O–H groups in total. The fraction of sp³-hybridized carbons (Fsp3) is 0.381. The van der Waals surface area contributed by atoms with Crippen LogP contribution in [0.15, 0.2) is 42.5 Å². The predicted octanol–water partition coefficient (Wildman–Crippen LogP) is 4.37. The molecule has 27 heavy (non-hydrogen) atoms. The van der Waals surface area contributed by atoms with Crippen LogP contribution in [-0.4, -0.2) is 37.6 Å². The molecule has 2 aromatic carbocycles. The van der Waals surface area contributed by atoms with Gasteiger partial charge in [0.25, 0.3) is 5.91 Å². The predicted molar refractivity (Wildman–Crippen MR) is 110 cm³/mol. The minimum Gasteiger partial charge on any atom is -0.497 e. The lowest BCUT2D eigenvalue weighted by atomic mass is 10.0. The van der Waals surface area contributed by atoms with Crippen molar-refractivity contribution in [2.75, 3.05) is 20.7 Å². The molecule has 0 radical (unpaired) electrons. The monoisotopic (exact) mass is 394 g/mol. The van der Waals surface area contributed by atoms with Crippen LogP contribution in [0.1, 0.15) is 30.6 Å². The van der Waals surface area contributed by atoms with E-state index in [9.17, 15) is 9.18 Å². The lowest BCUT2D eigenvalue weighted by Crippen LogP contribution is -2.35. The molecule has 4 nitrogen and oxygen atoms in total. The summed E-state index contributed by atoms with van der Waals surface area (Å²) < 4.78 is 19.6. The second-order valence-corrected chi connectivity index (χ2v) is 6.85. The van der Waals surface area contributed by atoms with Crippen LogP contribution in [0.25, 0.3) is 11.1 Å². The molecule has 0 spiro atoms. The lowest BCUT2D eigenvalue weighted by molar-refractivity contribution is 0.0784. The zero-order chi connectivity index (χ0) is 19.3. The molecule has 6 heteroatoms. The van der Waals surface area contributed by atoms with Gasteiger partial charge in [0.1, 0.15) is 11.6 Å². The molecule has 0 aliphatic carbocycles. The van der Waals surface area contributed by atoms with Crippen molar-refractivity contribution < 1.29 is 13.9 Å². The van der Waals surface area contributed by atoms with E-state index in [-0.39, 0.29) is 29.9 Å². The number of carbonyl (C=O) groups is 1. The van der Waals surface area contributed by atoms with Gasteiger partial charge in [-0.3, -0.25) is 4.79 Å². The summed E-state index contributed by atoms with van der Waals surface area (Å²) in [5.41, 5.74) is 7.66. The van der Waals surface area contributed by atoms with Crippen LogP contribution < -0.4 is 10.5 Å². The van der Waals surface area contributed by atoms with Gasteiger partial charge in [0.2, 0.25) is 0 Å². The molecule has 2 rings (SSSR count). The third kappa shape index (κ3) is 5.94. The van der Waals surface area contributed by atoms with E-state index in [1.54, 1.807) is 20.2 Å². The van der Waals surface area contributed by atoms with E-state index in [2.05, 4.69) is 0 Å². The fourth-order valence-electron chi connectivity index (χ4n) is 2.63. The zero-order valence-electron chi connectivity index (χ0n) is 16.2. The Morgan fingerprint density at radius 1 is 1.15 bits per heavy atom. The van der Waals surface area contributed by atoms with E-state index < -0.39 is 5.82 Å². The molecule has 0 saturated heterocycles. The summed E-state index contributed by atoms with van der Waals surface area (Å²) in [6, 6.07) is 12.1. The van der Waals surface area contributed by atoms with Crippen molar-refractivity contribution in [2.45, 2.75) is 26.3 Å². The van der Waals surface area contributed by atoms with Gasteiger partial charge in [-0.15, -0.1) is 12.4 Å². The van der Waals surface area contributed by atoms with Gasteiger partial charge in [-0.25, -0.2) is 4.39 Å². The maximum atomic E-state index is 14.5. The van der Waals surface area contributed by atoms with Crippen LogP contribution in [0.2, 0.25) is 0 Å². The molecular weight excluding hydrogens is 367 g/mol. The van der Waals surface area contributed by atoms with Crippen molar-refractivity contribution in [3.63, 3.8) is 0 Å². The van der Waals surface area contributed by atoms with Gasteiger partial charge in [-0.05, 0) is 47.7 Å². The molecule has 1 atom stereocenters. The minimum atomic E-state index is -0.525. The molecule has 0 heterocycles. The largest absolute Gasteiger partial charge is 0.497 e. The number of halogens is 2. The van der Waals surface area contributed by atoms with Crippen molar-refractivity contribution in [3.05, 3.63) is 53.8 Å². The van der Waals surface area contributed by atoms with Crippen molar-refractivity contribution in [1.29, 1.82) is 0 Å². The van der Waals surface area contributed by atoms with Gasteiger partial charge in [0.05, 0.1) is 12.7 Å². The number of nitrogens with two attached hydrogens (primary N) is 1. The molecule has 0 aromatic heterocycles. The second kappa shape index (κ2) is 10.3. The molecule has 0 aliphatic rings. The first-order valence-corrected chi connectivity index (χ1v) is 8.78. The van der Waals surface area contributed by atoms with E-state index in [0.717, 1.165) is 11.3 Å². The summed E-state index contributed by atoms with van der Waals surface area (Å²) >= 11 is 0. The zero-order valence-corrected chi connectivity index (χ0v) is 17.1. The topological polar surface area (TPSA) is 55.6 Å². The molecular formula is C21H28ClFN2O2. The standard InChI is InChI=1S/C21H27FN2O2.ClH/c1-14(2)20(23)11-12-24(3)21(25)18-10-7-16(13-19(18)22)15-5-8-17(26-4)9-6-15;/h5-10,13-14,20H,11-12,23H2,1-4H3;1H. The molecule has 0 fully saturated rings. The first kappa shape index (κ1) is 22.9. The van der Waals surface area contributed by atoms with Crippen molar-refractivity contribution >= 4 is 18.3 Å². The van der Waals surface area contributed by atoms with E-state index in [1.165, 1.54) is 17.0 Å². The Labute approximate surface area is 166 Å². The highest BCUT2D eigenvalue weighted by molar-refractivity contribution is 5.94. The fourth-order valence-corrected chi connectivity index (χ4v) is 2.63. The second-order valence-electron chi connectivity index (χ2n) is 6.85. The van der Waals surface area contributed by atoms with Gasteiger partial charge >= 0.3 is 0 Å².